The average Bonchev–Trinajstić information content (AvgIpc) is 2.57. The van der Waals surface area contributed by atoms with Gasteiger partial charge in [0, 0.05) is 51.1 Å². The summed E-state index contributed by atoms with van der Waals surface area (Å²) in [5, 5.41) is 16.8. The molecule has 0 fully saturated rings. The molecule has 9 nitrogen and oxygen atoms in total. The molecule has 0 bridgehead atoms. The number of hydrogen-bond acceptors (Lipinski definition) is 6. The lowest BCUT2D eigenvalue weighted by molar-refractivity contribution is -0.384. The van der Waals surface area contributed by atoms with Crippen LogP contribution in [0.25, 0.3) is 0 Å². The molecule has 24 heavy (non-hydrogen) atoms. The van der Waals surface area contributed by atoms with Gasteiger partial charge in [-0.05, 0) is 18.6 Å². The minimum atomic E-state index is -0.442. The summed E-state index contributed by atoms with van der Waals surface area (Å²) in [6.07, 6.45) is 0.736. The number of rotatable bonds is 7. The van der Waals surface area contributed by atoms with E-state index < -0.39 is 4.92 Å². The SMILES string of the molecule is Cn1c(NCCCNc2ccc([N+](=O)[O-])cc2)cc(=O)n(C)c1=O. The van der Waals surface area contributed by atoms with Crippen LogP contribution < -0.4 is 21.9 Å². The van der Waals surface area contributed by atoms with Crippen molar-refractivity contribution in [3.63, 3.8) is 0 Å². The molecule has 2 N–H and O–H groups in total. The molecule has 0 spiro atoms. The van der Waals surface area contributed by atoms with Gasteiger partial charge in [-0.2, -0.15) is 0 Å². The fraction of sp³-hybridized carbons (Fsp3) is 0.333. The second-order valence-electron chi connectivity index (χ2n) is 5.28. The van der Waals surface area contributed by atoms with Gasteiger partial charge in [0.05, 0.1) is 4.92 Å². The minimum Gasteiger partial charge on any atom is -0.385 e. The Bertz CT molecular complexity index is 838. The van der Waals surface area contributed by atoms with E-state index in [1.54, 1.807) is 19.2 Å². The third-order valence-corrected chi connectivity index (χ3v) is 3.59. The molecule has 2 rings (SSSR count). The van der Waals surface area contributed by atoms with Crippen molar-refractivity contribution in [1.29, 1.82) is 0 Å². The van der Waals surface area contributed by atoms with E-state index in [0.717, 1.165) is 16.7 Å². The van der Waals surface area contributed by atoms with E-state index in [2.05, 4.69) is 10.6 Å². The van der Waals surface area contributed by atoms with Crippen LogP contribution in [0.3, 0.4) is 0 Å². The van der Waals surface area contributed by atoms with Gasteiger partial charge in [-0.15, -0.1) is 0 Å². The quantitative estimate of drug-likeness (QED) is 0.442. The van der Waals surface area contributed by atoms with Gasteiger partial charge in [-0.3, -0.25) is 24.0 Å². The molecule has 0 amide bonds. The van der Waals surface area contributed by atoms with Crippen molar-refractivity contribution in [3.05, 3.63) is 61.3 Å². The van der Waals surface area contributed by atoms with Crippen molar-refractivity contribution in [3.8, 4) is 0 Å². The summed E-state index contributed by atoms with van der Waals surface area (Å²) in [6, 6.07) is 7.56. The van der Waals surface area contributed by atoms with Gasteiger partial charge in [0.2, 0.25) is 0 Å². The van der Waals surface area contributed by atoms with Crippen molar-refractivity contribution in [1.82, 2.24) is 9.13 Å². The van der Waals surface area contributed by atoms with Crippen LogP contribution in [0.15, 0.2) is 39.9 Å². The molecule has 128 valence electrons. The van der Waals surface area contributed by atoms with Crippen molar-refractivity contribution < 1.29 is 4.92 Å². The molecular formula is C15H19N5O4. The molecule has 1 heterocycles. The van der Waals surface area contributed by atoms with Crippen LogP contribution in [0.1, 0.15) is 6.42 Å². The Labute approximate surface area is 137 Å². The molecule has 0 unspecified atom stereocenters. The summed E-state index contributed by atoms with van der Waals surface area (Å²) >= 11 is 0. The Hall–Kier alpha value is -3.10. The molecule has 0 saturated heterocycles. The molecule has 0 aliphatic carbocycles. The zero-order valence-electron chi connectivity index (χ0n) is 13.5. The standard InChI is InChI=1S/C15H19N5O4/c1-18-13(10-14(21)19(2)15(18)22)17-9-3-8-16-11-4-6-12(7-5-11)20(23)24/h4-7,10,16-17H,3,8-9H2,1-2H3. The summed E-state index contributed by atoms with van der Waals surface area (Å²) in [6.45, 7) is 1.21. The number of nitrogens with zero attached hydrogens (tertiary/aromatic N) is 3. The molecule has 1 aromatic carbocycles. The topological polar surface area (TPSA) is 111 Å². The maximum absolute atomic E-state index is 11.8. The smallest absolute Gasteiger partial charge is 0.332 e. The normalized spacial score (nSPS) is 10.4. The first-order valence-electron chi connectivity index (χ1n) is 7.39. The third-order valence-electron chi connectivity index (χ3n) is 3.59. The van der Waals surface area contributed by atoms with Crippen LogP contribution in [0.4, 0.5) is 17.2 Å². The lowest BCUT2D eigenvalue weighted by Gasteiger charge is -2.12. The first-order valence-corrected chi connectivity index (χ1v) is 7.39. The third kappa shape index (κ3) is 4.00. The largest absolute Gasteiger partial charge is 0.385 e. The molecule has 2 aromatic rings. The number of anilines is 2. The van der Waals surface area contributed by atoms with Crippen LogP contribution in [0.5, 0.6) is 0 Å². The van der Waals surface area contributed by atoms with Gasteiger partial charge in [0.25, 0.3) is 11.2 Å². The van der Waals surface area contributed by atoms with Crippen molar-refractivity contribution in [2.75, 3.05) is 23.7 Å². The van der Waals surface area contributed by atoms with E-state index in [1.165, 1.54) is 29.8 Å². The first kappa shape index (κ1) is 17.3. The molecular weight excluding hydrogens is 314 g/mol. The Morgan fingerprint density at radius 1 is 1.04 bits per heavy atom. The molecule has 0 aliphatic heterocycles. The fourth-order valence-corrected chi connectivity index (χ4v) is 2.14. The highest BCUT2D eigenvalue weighted by molar-refractivity contribution is 5.48. The average molecular weight is 333 g/mol. The van der Waals surface area contributed by atoms with Gasteiger partial charge in [-0.25, -0.2) is 4.79 Å². The zero-order chi connectivity index (χ0) is 17.7. The Balaban J connectivity index is 1.82. The molecule has 9 heteroatoms. The highest BCUT2D eigenvalue weighted by Crippen LogP contribution is 2.15. The Kier molecular flexibility index (Phi) is 5.35. The van der Waals surface area contributed by atoms with Crippen LogP contribution in [0.2, 0.25) is 0 Å². The van der Waals surface area contributed by atoms with E-state index >= 15 is 0 Å². The Morgan fingerprint density at radius 3 is 2.29 bits per heavy atom. The van der Waals surface area contributed by atoms with E-state index in [1.807, 2.05) is 0 Å². The van der Waals surface area contributed by atoms with Gasteiger partial charge >= 0.3 is 5.69 Å². The molecule has 0 radical (unpaired) electrons. The number of nitro groups is 1. The van der Waals surface area contributed by atoms with Crippen molar-refractivity contribution in [2.24, 2.45) is 14.1 Å². The summed E-state index contributed by atoms with van der Waals surface area (Å²) in [5.41, 5.74) is 0.106. The van der Waals surface area contributed by atoms with E-state index in [0.29, 0.717) is 18.9 Å². The van der Waals surface area contributed by atoms with E-state index in [4.69, 9.17) is 0 Å². The predicted molar refractivity (Wildman–Crippen MR) is 91.6 cm³/mol. The lowest BCUT2D eigenvalue weighted by atomic mass is 10.3. The maximum atomic E-state index is 11.8. The monoisotopic (exact) mass is 333 g/mol. The van der Waals surface area contributed by atoms with Crippen molar-refractivity contribution in [2.45, 2.75) is 6.42 Å². The second-order valence-corrected chi connectivity index (χ2v) is 5.28. The number of hydrogen-bond donors (Lipinski definition) is 2. The highest BCUT2D eigenvalue weighted by Gasteiger charge is 2.05. The van der Waals surface area contributed by atoms with Gasteiger partial charge in [-0.1, -0.05) is 0 Å². The van der Waals surface area contributed by atoms with Crippen LogP contribution >= 0.6 is 0 Å². The summed E-state index contributed by atoms with van der Waals surface area (Å²) in [4.78, 5) is 33.5. The molecule has 0 atom stereocenters. The number of nitrogens with one attached hydrogen (secondary N) is 2. The molecule has 1 aromatic heterocycles. The van der Waals surface area contributed by atoms with Crippen molar-refractivity contribution >= 4 is 17.2 Å². The van der Waals surface area contributed by atoms with Crippen LogP contribution in [0, 0.1) is 10.1 Å². The fourth-order valence-electron chi connectivity index (χ4n) is 2.14. The van der Waals surface area contributed by atoms with Crippen LogP contribution in [-0.4, -0.2) is 27.1 Å². The van der Waals surface area contributed by atoms with Gasteiger partial charge in [0.15, 0.2) is 0 Å². The summed E-state index contributed by atoms with van der Waals surface area (Å²) in [5.74, 6) is 0.471. The van der Waals surface area contributed by atoms with Gasteiger partial charge in [0.1, 0.15) is 5.82 Å². The Morgan fingerprint density at radius 2 is 1.67 bits per heavy atom. The number of non-ortho nitro benzene ring substituents is 1. The van der Waals surface area contributed by atoms with Crippen LogP contribution in [-0.2, 0) is 14.1 Å². The van der Waals surface area contributed by atoms with E-state index in [-0.39, 0.29) is 16.9 Å². The summed E-state index contributed by atoms with van der Waals surface area (Å²) < 4.78 is 2.42. The number of benzene rings is 1. The maximum Gasteiger partial charge on any atom is 0.332 e. The number of aromatic nitrogens is 2. The minimum absolute atomic E-state index is 0.0498. The van der Waals surface area contributed by atoms with Gasteiger partial charge < -0.3 is 10.6 Å². The van der Waals surface area contributed by atoms with E-state index in [9.17, 15) is 19.7 Å². The molecule has 0 aliphatic rings. The zero-order valence-corrected chi connectivity index (χ0v) is 13.5. The highest BCUT2D eigenvalue weighted by atomic mass is 16.6. The number of nitro benzene ring substituents is 1. The second kappa shape index (κ2) is 7.44. The summed E-state index contributed by atoms with van der Waals surface area (Å²) in [7, 11) is 3.03. The lowest BCUT2D eigenvalue weighted by Crippen LogP contribution is -2.37. The predicted octanol–water partition coefficient (Wildman–Crippen LogP) is 0.906. The molecule has 0 saturated carbocycles. The first-order chi connectivity index (χ1) is 11.4.